The van der Waals surface area contributed by atoms with Gasteiger partial charge in [-0.25, -0.2) is 4.39 Å². The maximum absolute atomic E-state index is 13.2. The zero-order valence-electron chi connectivity index (χ0n) is 17.7. The highest BCUT2D eigenvalue weighted by Gasteiger charge is 2.32. The van der Waals surface area contributed by atoms with Crippen molar-refractivity contribution in [3.63, 3.8) is 0 Å². The van der Waals surface area contributed by atoms with Crippen molar-refractivity contribution in [1.82, 2.24) is 4.90 Å². The standard InChI is InChI=1S/C24H28ClFN2O4/c25-18-5-1-16(2-6-18)13-14-28(15-23(30)31)24(32)17-3-11-21(22(29)12-4-17)27-20-9-7-19(26)8-10-20/h1-2,5-10,17,21-22,27,29H,3-4,11-15H2,(H,30,31)/t17-,21+,22+/m1/s1. The number of rotatable bonds is 8. The fourth-order valence-electron chi connectivity index (χ4n) is 4.07. The van der Waals surface area contributed by atoms with Crippen LogP contribution in [0.25, 0.3) is 0 Å². The first kappa shape index (κ1) is 24.0. The van der Waals surface area contributed by atoms with Gasteiger partial charge >= 0.3 is 5.97 Å². The number of carboxylic acid groups (broad SMARTS) is 1. The van der Waals surface area contributed by atoms with Gasteiger partial charge in [-0.05, 0) is 74.1 Å². The number of nitrogens with zero attached hydrogens (tertiary/aromatic N) is 1. The van der Waals surface area contributed by atoms with Crippen LogP contribution in [0.2, 0.25) is 5.02 Å². The molecule has 0 spiro atoms. The molecule has 2 aromatic carbocycles. The van der Waals surface area contributed by atoms with E-state index in [1.54, 1.807) is 24.3 Å². The second kappa shape index (κ2) is 11.3. The third-order valence-corrected chi connectivity index (χ3v) is 6.12. The first-order chi connectivity index (χ1) is 15.3. The number of aliphatic hydroxyl groups is 1. The summed E-state index contributed by atoms with van der Waals surface area (Å²) in [5.41, 5.74) is 1.67. The summed E-state index contributed by atoms with van der Waals surface area (Å²) in [6.07, 6.45) is 1.87. The minimum atomic E-state index is -1.06. The van der Waals surface area contributed by atoms with E-state index in [2.05, 4.69) is 5.32 Å². The molecule has 0 aliphatic heterocycles. The third kappa shape index (κ3) is 6.93. The van der Waals surface area contributed by atoms with E-state index in [0.29, 0.717) is 49.4 Å². The van der Waals surface area contributed by atoms with E-state index >= 15 is 0 Å². The number of carboxylic acids is 1. The summed E-state index contributed by atoms with van der Waals surface area (Å²) in [7, 11) is 0. The lowest BCUT2D eigenvalue weighted by Crippen LogP contribution is -2.41. The van der Waals surface area contributed by atoms with Crippen LogP contribution < -0.4 is 5.32 Å². The molecular formula is C24H28ClFN2O4. The van der Waals surface area contributed by atoms with Crippen LogP contribution >= 0.6 is 11.6 Å². The number of hydrogen-bond donors (Lipinski definition) is 3. The number of anilines is 1. The van der Waals surface area contributed by atoms with Crippen molar-refractivity contribution in [2.24, 2.45) is 5.92 Å². The van der Waals surface area contributed by atoms with Crippen molar-refractivity contribution in [3.05, 3.63) is 64.9 Å². The largest absolute Gasteiger partial charge is 0.480 e. The number of carbonyl (C=O) groups excluding carboxylic acids is 1. The number of hydrogen-bond acceptors (Lipinski definition) is 4. The van der Waals surface area contributed by atoms with E-state index < -0.39 is 12.1 Å². The van der Waals surface area contributed by atoms with Crippen molar-refractivity contribution in [2.75, 3.05) is 18.4 Å². The zero-order valence-corrected chi connectivity index (χ0v) is 18.5. The smallest absolute Gasteiger partial charge is 0.323 e. The SMILES string of the molecule is O=C(O)CN(CCc1ccc(Cl)cc1)C(=O)[C@@H]1CC[C@H](Nc2ccc(F)cc2)[C@@H](O)CC1. The molecule has 32 heavy (non-hydrogen) atoms. The van der Waals surface area contributed by atoms with Gasteiger partial charge in [0, 0.05) is 23.2 Å². The average Bonchev–Trinajstić information content (AvgIpc) is 2.95. The normalized spacial score (nSPS) is 20.9. The molecule has 2 aromatic rings. The Morgan fingerprint density at radius 3 is 2.34 bits per heavy atom. The predicted octanol–water partition coefficient (Wildman–Crippen LogP) is 3.97. The van der Waals surface area contributed by atoms with Crippen molar-refractivity contribution < 1.29 is 24.2 Å². The van der Waals surface area contributed by atoms with Crippen LogP contribution in [0.5, 0.6) is 0 Å². The molecule has 3 atom stereocenters. The van der Waals surface area contributed by atoms with Gasteiger partial charge in [-0.15, -0.1) is 0 Å². The Morgan fingerprint density at radius 1 is 1.03 bits per heavy atom. The second-order valence-corrected chi connectivity index (χ2v) is 8.64. The Labute approximate surface area is 192 Å². The fraction of sp³-hybridized carbons (Fsp3) is 0.417. The first-order valence-electron chi connectivity index (χ1n) is 10.8. The molecule has 0 bridgehead atoms. The fourth-order valence-corrected chi connectivity index (χ4v) is 4.20. The number of benzene rings is 2. The van der Waals surface area contributed by atoms with Gasteiger partial charge in [0.05, 0.1) is 12.1 Å². The van der Waals surface area contributed by atoms with Crippen LogP contribution in [-0.2, 0) is 16.0 Å². The Bertz CT molecular complexity index is 907. The highest BCUT2D eigenvalue weighted by atomic mass is 35.5. The quantitative estimate of drug-likeness (QED) is 0.516. The van der Waals surface area contributed by atoms with Crippen LogP contribution in [0.1, 0.15) is 31.2 Å². The van der Waals surface area contributed by atoms with Gasteiger partial charge in [-0.1, -0.05) is 23.7 Å². The van der Waals surface area contributed by atoms with Gasteiger partial charge in [0.25, 0.3) is 0 Å². The molecule has 1 amide bonds. The van der Waals surface area contributed by atoms with Gasteiger partial charge in [0.1, 0.15) is 12.4 Å². The minimum Gasteiger partial charge on any atom is -0.480 e. The third-order valence-electron chi connectivity index (χ3n) is 5.87. The van der Waals surface area contributed by atoms with Gasteiger partial charge < -0.3 is 20.4 Å². The van der Waals surface area contributed by atoms with Crippen molar-refractivity contribution in [2.45, 2.75) is 44.2 Å². The maximum Gasteiger partial charge on any atom is 0.323 e. The molecule has 8 heteroatoms. The van der Waals surface area contributed by atoms with E-state index in [4.69, 9.17) is 11.6 Å². The molecule has 1 saturated carbocycles. The Kier molecular flexibility index (Phi) is 8.47. The molecule has 0 saturated heterocycles. The lowest BCUT2D eigenvalue weighted by atomic mass is 9.98. The topological polar surface area (TPSA) is 89.9 Å². The van der Waals surface area contributed by atoms with Crippen molar-refractivity contribution in [3.8, 4) is 0 Å². The summed E-state index contributed by atoms with van der Waals surface area (Å²) in [4.78, 5) is 25.9. The Hall–Kier alpha value is -2.64. The molecule has 0 radical (unpaired) electrons. The van der Waals surface area contributed by atoms with E-state index in [-0.39, 0.29) is 30.2 Å². The van der Waals surface area contributed by atoms with E-state index in [0.717, 1.165) is 5.56 Å². The van der Waals surface area contributed by atoms with Crippen molar-refractivity contribution in [1.29, 1.82) is 0 Å². The van der Waals surface area contributed by atoms with E-state index in [9.17, 15) is 24.2 Å². The lowest BCUT2D eigenvalue weighted by molar-refractivity contribution is -0.146. The highest BCUT2D eigenvalue weighted by molar-refractivity contribution is 6.30. The van der Waals surface area contributed by atoms with E-state index in [1.807, 2.05) is 12.1 Å². The van der Waals surface area contributed by atoms with Gasteiger partial charge in [-0.2, -0.15) is 0 Å². The first-order valence-corrected chi connectivity index (χ1v) is 11.1. The Morgan fingerprint density at radius 2 is 1.69 bits per heavy atom. The lowest BCUT2D eigenvalue weighted by Gasteiger charge is -2.25. The zero-order chi connectivity index (χ0) is 23.1. The van der Waals surface area contributed by atoms with Crippen LogP contribution in [0.3, 0.4) is 0 Å². The summed E-state index contributed by atoms with van der Waals surface area (Å²) in [5.74, 6) is -1.94. The molecule has 0 heterocycles. The number of carbonyl (C=O) groups is 2. The second-order valence-electron chi connectivity index (χ2n) is 8.21. The molecule has 1 aliphatic carbocycles. The molecule has 6 nitrogen and oxygen atoms in total. The molecule has 3 N–H and O–H groups in total. The highest BCUT2D eigenvalue weighted by Crippen LogP contribution is 2.28. The number of nitrogens with one attached hydrogen (secondary N) is 1. The van der Waals surface area contributed by atoms with Gasteiger partial charge in [0.2, 0.25) is 5.91 Å². The summed E-state index contributed by atoms with van der Waals surface area (Å²) < 4.78 is 13.1. The molecule has 1 aliphatic rings. The average molecular weight is 463 g/mol. The molecular weight excluding hydrogens is 435 g/mol. The number of aliphatic carboxylic acids is 1. The summed E-state index contributed by atoms with van der Waals surface area (Å²) in [6.45, 7) is -0.0637. The van der Waals surface area contributed by atoms with Gasteiger partial charge in [0.15, 0.2) is 0 Å². The summed E-state index contributed by atoms with van der Waals surface area (Å²) in [5, 5.41) is 23.7. The van der Waals surface area contributed by atoms with Crippen LogP contribution in [-0.4, -0.2) is 52.2 Å². The summed E-state index contributed by atoms with van der Waals surface area (Å²) >= 11 is 5.91. The Balaban J connectivity index is 1.61. The van der Waals surface area contributed by atoms with E-state index in [1.165, 1.54) is 17.0 Å². The van der Waals surface area contributed by atoms with Crippen molar-refractivity contribution >= 4 is 29.2 Å². The number of aliphatic hydroxyl groups excluding tert-OH is 1. The van der Waals surface area contributed by atoms with Crippen LogP contribution in [0.15, 0.2) is 48.5 Å². The monoisotopic (exact) mass is 462 g/mol. The van der Waals surface area contributed by atoms with Crippen LogP contribution in [0, 0.1) is 11.7 Å². The number of halogens is 2. The maximum atomic E-state index is 13.2. The minimum absolute atomic E-state index is 0.198. The molecule has 0 unspecified atom stereocenters. The summed E-state index contributed by atoms with van der Waals surface area (Å²) in [6, 6.07) is 12.9. The molecule has 172 valence electrons. The molecule has 3 rings (SSSR count). The molecule has 1 fully saturated rings. The van der Waals surface area contributed by atoms with Gasteiger partial charge in [-0.3, -0.25) is 9.59 Å². The molecule has 0 aromatic heterocycles. The predicted molar refractivity (Wildman–Crippen MR) is 121 cm³/mol. The number of amides is 1. The van der Waals surface area contributed by atoms with Crippen LogP contribution in [0.4, 0.5) is 10.1 Å².